The standard InChI is InChI=1S/C25H25NO4/c1-12-8-13(2)22-16(14(12)3)6-5-7-17(22)19-10-26-21(15(19)4)9-18-20(24(26)28)11-30-25(29)23(18)27/h8-9,23,27H,2,5-7,10-11H2,1,3-4H3/t23-/m0/s1. The van der Waals surface area contributed by atoms with Crippen molar-refractivity contribution in [1.29, 1.82) is 0 Å². The fourth-order valence-electron chi connectivity index (χ4n) is 5.29. The van der Waals surface area contributed by atoms with Crippen molar-refractivity contribution in [2.75, 3.05) is 0 Å². The minimum Gasteiger partial charge on any atom is -0.458 e. The molecule has 5 rings (SSSR count). The highest BCUT2D eigenvalue weighted by molar-refractivity contribution is 5.85. The molecule has 1 aliphatic carbocycles. The van der Waals surface area contributed by atoms with E-state index in [1.54, 1.807) is 10.6 Å². The van der Waals surface area contributed by atoms with Gasteiger partial charge in [-0.05, 0) is 89.9 Å². The molecule has 5 nitrogen and oxygen atoms in total. The first-order valence-electron chi connectivity index (χ1n) is 10.4. The summed E-state index contributed by atoms with van der Waals surface area (Å²) in [6.07, 6.45) is 1.68. The average molecular weight is 403 g/mol. The van der Waals surface area contributed by atoms with Gasteiger partial charge in [0.15, 0.2) is 6.10 Å². The van der Waals surface area contributed by atoms with Crippen LogP contribution >= 0.6 is 0 Å². The topological polar surface area (TPSA) is 68.5 Å². The maximum atomic E-state index is 13.2. The molecule has 1 N–H and O–H groups in total. The molecule has 1 aromatic heterocycles. The predicted octanol–water partition coefficient (Wildman–Crippen LogP) is 1.94. The molecule has 0 saturated carbocycles. The van der Waals surface area contributed by atoms with Crippen LogP contribution < -0.4 is 16.0 Å². The number of cyclic esters (lactones) is 1. The van der Waals surface area contributed by atoms with Gasteiger partial charge in [-0.3, -0.25) is 4.79 Å². The molecule has 3 heterocycles. The number of fused-ring (bicyclic) bond motifs is 3. The second-order valence-electron chi connectivity index (χ2n) is 8.63. The largest absolute Gasteiger partial charge is 0.458 e. The second-order valence-corrected chi connectivity index (χ2v) is 8.63. The minimum atomic E-state index is -1.40. The maximum absolute atomic E-state index is 13.2. The number of aliphatic hydroxyl groups is 1. The summed E-state index contributed by atoms with van der Waals surface area (Å²) in [7, 11) is 0. The Kier molecular flexibility index (Phi) is 4.16. The monoisotopic (exact) mass is 403 g/mol. The van der Waals surface area contributed by atoms with Gasteiger partial charge in [-0.15, -0.1) is 0 Å². The van der Waals surface area contributed by atoms with E-state index in [2.05, 4.69) is 26.5 Å². The Hall–Kier alpha value is -2.92. The lowest BCUT2D eigenvalue weighted by Crippen LogP contribution is -2.35. The first kappa shape index (κ1) is 19.1. The molecule has 5 heteroatoms. The Balaban J connectivity index is 1.76. The molecule has 2 aromatic rings. The molecule has 1 atom stereocenters. The summed E-state index contributed by atoms with van der Waals surface area (Å²) < 4.78 is 6.73. The molecule has 30 heavy (non-hydrogen) atoms. The quantitative estimate of drug-likeness (QED) is 0.739. The molecule has 154 valence electrons. The van der Waals surface area contributed by atoms with Gasteiger partial charge in [0.1, 0.15) is 6.61 Å². The van der Waals surface area contributed by atoms with E-state index < -0.39 is 12.1 Å². The second kappa shape index (κ2) is 6.54. The Morgan fingerprint density at radius 2 is 1.87 bits per heavy atom. The lowest BCUT2D eigenvalue weighted by atomic mass is 9.83. The third kappa shape index (κ3) is 2.51. The zero-order valence-electron chi connectivity index (χ0n) is 17.6. The van der Waals surface area contributed by atoms with Crippen molar-refractivity contribution >= 4 is 23.7 Å². The Labute approximate surface area is 174 Å². The van der Waals surface area contributed by atoms with Crippen molar-refractivity contribution in [3.63, 3.8) is 0 Å². The lowest BCUT2D eigenvalue weighted by molar-refractivity contribution is -0.157. The van der Waals surface area contributed by atoms with Crippen LogP contribution in [0.25, 0.3) is 17.7 Å². The molecule has 0 fully saturated rings. The molecule has 0 unspecified atom stereocenters. The van der Waals surface area contributed by atoms with E-state index >= 15 is 0 Å². The number of nitrogens with zero attached hydrogens (tertiary/aromatic N) is 1. The van der Waals surface area contributed by atoms with Gasteiger partial charge in [0, 0.05) is 11.3 Å². The molecule has 0 bridgehead atoms. The third-order valence-corrected chi connectivity index (χ3v) is 7.04. The molecule has 1 aromatic carbocycles. The van der Waals surface area contributed by atoms with Crippen molar-refractivity contribution in [1.82, 2.24) is 4.57 Å². The van der Waals surface area contributed by atoms with E-state index in [9.17, 15) is 14.7 Å². The van der Waals surface area contributed by atoms with Gasteiger partial charge in [-0.2, -0.15) is 0 Å². The number of aryl methyl sites for hydroxylation is 1. The van der Waals surface area contributed by atoms with Crippen LogP contribution in [-0.4, -0.2) is 15.6 Å². The Morgan fingerprint density at radius 1 is 1.10 bits per heavy atom. The molecular formula is C25H25NO4. The zero-order chi connectivity index (χ0) is 21.3. The van der Waals surface area contributed by atoms with E-state index in [1.807, 2.05) is 6.92 Å². The van der Waals surface area contributed by atoms with Crippen LogP contribution in [0.3, 0.4) is 0 Å². The average Bonchev–Trinajstić information content (AvgIpc) is 3.06. The van der Waals surface area contributed by atoms with E-state index in [0.717, 1.165) is 41.3 Å². The van der Waals surface area contributed by atoms with Gasteiger partial charge in [-0.25, -0.2) is 4.79 Å². The van der Waals surface area contributed by atoms with Crippen molar-refractivity contribution in [2.24, 2.45) is 0 Å². The molecule has 2 aliphatic heterocycles. The highest BCUT2D eigenvalue weighted by atomic mass is 16.5. The molecule has 0 amide bonds. The number of ether oxygens (including phenoxy) is 1. The summed E-state index contributed by atoms with van der Waals surface area (Å²) in [6.45, 7) is 11.1. The summed E-state index contributed by atoms with van der Waals surface area (Å²) >= 11 is 0. The number of benzene rings is 1. The number of pyridine rings is 1. The van der Waals surface area contributed by atoms with E-state index in [4.69, 9.17) is 4.74 Å². The smallest absolute Gasteiger partial charge is 0.340 e. The van der Waals surface area contributed by atoms with Crippen molar-refractivity contribution in [3.8, 4) is 0 Å². The number of hydrogen-bond acceptors (Lipinski definition) is 4. The molecule has 0 radical (unpaired) electrons. The van der Waals surface area contributed by atoms with E-state index in [1.165, 1.54) is 27.5 Å². The lowest BCUT2D eigenvalue weighted by Gasteiger charge is -2.22. The van der Waals surface area contributed by atoms with Crippen LogP contribution in [0.5, 0.6) is 0 Å². The number of carbonyl (C=O) groups excluding carboxylic acids is 1. The summed E-state index contributed by atoms with van der Waals surface area (Å²) in [5, 5.41) is 12.5. The SMILES string of the molecule is C=c1cc(C)c(C)c2c1=C(C1=C(C)c3cc4c(c(=O)n3C1)COC(=O)[C@H]4O)CCC2. The summed E-state index contributed by atoms with van der Waals surface area (Å²) in [5.74, 6) is -0.699. The normalized spacial score (nSPS) is 20.1. The summed E-state index contributed by atoms with van der Waals surface area (Å²) in [4.78, 5) is 24.9. The zero-order valence-corrected chi connectivity index (χ0v) is 17.6. The number of esters is 1. The molecule has 0 spiro atoms. The number of aliphatic hydroxyl groups excluding tert-OH is 1. The highest BCUT2D eigenvalue weighted by Gasteiger charge is 2.34. The Morgan fingerprint density at radius 3 is 2.63 bits per heavy atom. The summed E-state index contributed by atoms with van der Waals surface area (Å²) in [5.41, 5.74) is 8.77. The van der Waals surface area contributed by atoms with Crippen molar-refractivity contribution < 1.29 is 14.6 Å². The molecule has 0 saturated heterocycles. The first-order valence-corrected chi connectivity index (χ1v) is 10.4. The fourth-order valence-corrected chi connectivity index (χ4v) is 5.29. The van der Waals surface area contributed by atoms with Gasteiger partial charge >= 0.3 is 5.97 Å². The van der Waals surface area contributed by atoms with Crippen LogP contribution in [0.1, 0.15) is 59.4 Å². The van der Waals surface area contributed by atoms with Gasteiger partial charge in [-0.1, -0.05) is 12.6 Å². The van der Waals surface area contributed by atoms with Crippen LogP contribution in [-0.2, 0) is 29.1 Å². The summed E-state index contributed by atoms with van der Waals surface area (Å²) in [6, 6.07) is 3.95. The van der Waals surface area contributed by atoms with Crippen LogP contribution in [0.15, 0.2) is 22.5 Å². The van der Waals surface area contributed by atoms with Crippen molar-refractivity contribution in [2.45, 2.75) is 59.3 Å². The third-order valence-electron chi connectivity index (χ3n) is 7.04. The number of aromatic nitrogens is 1. The highest BCUT2D eigenvalue weighted by Crippen LogP contribution is 2.36. The van der Waals surface area contributed by atoms with Crippen molar-refractivity contribution in [3.05, 3.63) is 72.0 Å². The molecule has 3 aliphatic rings. The number of hydrogen-bond donors (Lipinski definition) is 1. The number of rotatable bonds is 1. The fraction of sp³-hybridized carbons (Fsp3) is 0.360. The van der Waals surface area contributed by atoms with Crippen LogP contribution in [0, 0.1) is 13.8 Å². The number of allylic oxidation sites excluding steroid dienone is 2. The van der Waals surface area contributed by atoms with Gasteiger partial charge in [0.05, 0.1) is 12.1 Å². The van der Waals surface area contributed by atoms with Gasteiger partial charge in [0.25, 0.3) is 5.56 Å². The van der Waals surface area contributed by atoms with Crippen LogP contribution in [0.4, 0.5) is 0 Å². The van der Waals surface area contributed by atoms with E-state index in [0.29, 0.717) is 17.7 Å². The first-order chi connectivity index (χ1) is 14.3. The Bertz CT molecular complexity index is 1340. The maximum Gasteiger partial charge on any atom is 0.340 e. The minimum absolute atomic E-state index is 0.0837. The predicted molar refractivity (Wildman–Crippen MR) is 115 cm³/mol. The number of carbonyl (C=O) groups is 1. The van der Waals surface area contributed by atoms with Gasteiger partial charge < -0.3 is 14.4 Å². The van der Waals surface area contributed by atoms with Crippen LogP contribution in [0.2, 0.25) is 0 Å². The van der Waals surface area contributed by atoms with E-state index in [-0.39, 0.29) is 12.2 Å². The molecular weight excluding hydrogens is 378 g/mol. The van der Waals surface area contributed by atoms with Gasteiger partial charge in [0.2, 0.25) is 0 Å².